The van der Waals surface area contributed by atoms with Crippen LogP contribution in [0.5, 0.6) is 0 Å². The zero-order valence-corrected chi connectivity index (χ0v) is 14.2. The maximum absolute atomic E-state index is 3.85. The van der Waals surface area contributed by atoms with E-state index in [0.717, 1.165) is 12.0 Å². The molecule has 0 amide bonds. The van der Waals surface area contributed by atoms with E-state index in [1.165, 1.54) is 96.7 Å². The van der Waals surface area contributed by atoms with Crippen LogP contribution in [-0.4, -0.2) is 37.6 Å². The molecule has 0 atom stereocenters. The minimum Gasteiger partial charge on any atom is -0.313 e. The van der Waals surface area contributed by atoms with E-state index < -0.39 is 0 Å². The minimum absolute atomic E-state index is 0.588. The molecule has 3 rings (SSSR count). The molecular weight excluding hydrogens is 256 g/mol. The van der Waals surface area contributed by atoms with Crippen LogP contribution in [0.3, 0.4) is 0 Å². The highest BCUT2D eigenvalue weighted by molar-refractivity contribution is 4.91. The molecule has 0 bridgehead atoms. The van der Waals surface area contributed by atoms with Gasteiger partial charge in [0.1, 0.15) is 0 Å². The van der Waals surface area contributed by atoms with Crippen molar-refractivity contribution < 1.29 is 0 Å². The lowest BCUT2D eigenvalue weighted by Gasteiger charge is -2.41. The van der Waals surface area contributed by atoms with Crippen molar-refractivity contribution in [2.24, 2.45) is 11.3 Å². The number of nitrogens with zero attached hydrogens (tertiary/aromatic N) is 1. The zero-order valence-electron chi connectivity index (χ0n) is 14.2. The maximum atomic E-state index is 3.85. The van der Waals surface area contributed by atoms with Crippen LogP contribution in [0.25, 0.3) is 0 Å². The van der Waals surface area contributed by atoms with Gasteiger partial charge in [-0.3, -0.25) is 0 Å². The van der Waals surface area contributed by atoms with Crippen LogP contribution >= 0.6 is 0 Å². The third-order valence-corrected chi connectivity index (χ3v) is 6.16. The van der Waals surface area contributed by atoms with Gasteiger partial charge in [-0.1, -0.05) is 38.5 Å². The van der Waals surface area contributed by atoms with Gasteiger partial charge in [-0.2, -0.15) is 0 Å². The van der Waals surface area contributed by atoms with Crippen molar-refractivity contribution in [3.05, 3.63) is 0 Å². The standard InChI is InChI=1S/C19H36N2/c1-21(14-17-8-4-2-5-9-17)16-19(12-6-3-7-13-19)15-20-18-10-11-18/h17-18,20H,2-16H2,1H3. The second kappa shape index (κ2) is 7.46. The van der Waals surface area contributed by atoms with Gasteiger partial charge in [0, 0.05) is 25.7 Å². The van der Waals surface area contributed by atoms with E-state index in [9.17, 15) is 0 Å². The second-order valence-electron chi connectivity index (χ2n) is 8.42. The number of hydrogen-bond donors (Lipinski definition) is 1. The van der Waals surface area contributed by atoms with Gasteiger partial charge in [0.15, 0.2) is 0 Å². The van der Waals surface area contributed by atoms with Crippen LogP contribution in [0.1, 0.15) is 77.0 Å². The average Bonchev–Trinajstić information content (AvgIpc) is 3.31. The van der Waals surface area contributed by atoms with E-state index in [4.69, 9.17) is 0 Å². The molecule has 0 aliphatic heterocycles. The number of hydrogen-bond acceptors (Lipinski definition) is 2. The van der Waals surface area contributed by atoms with E-state index in [-0.39, 0.29) is 0 Å². The lowest BCUT2D eigenvalue weighted by molar-refractivity contribution is 0.102. The van der Waals surface area contributed by atoms with Crippen molar-refractivity contribution in [2.75, 3.05) is 26.7 Å². The smallest absolute Gasteiger partial charge is 0.00684 e. The molecule has 0 spiro atoms. The molecule has 3 aliphatic rings. The molecule has 0 saturated heterocycles. The molecule has 2 heteroatoms. The van der Waals surface area contributed by atoms with Gasteiger partial charge in [-0.05, 0) is 56.9 Å². The molecule has 0 radical (unpaired) electrons. The second-order valence-corrected chi connectivity index (χ2v) is 8.42. The Kier molecular flexibility index (Phi) is 5.61. The van der Waals surface area contributed by atoms with E-state index in [1.54, 1.807) is 0 Å². The highest BCUT2D eigenvalue weighted by atomic mass is 15.1. The highest BCUT2D eigenvalue weighted by Crippen LogP contribution is 2.37. The van der Waals surface area contributed by atoms with Crippen LogP contribution in [0, 0.1) is 11.3 Å². The van der Waals surface area contributed by atoms with E-state index in [0.29, 0.717) is 5.41 Å². The van der Waals surface area contributed by atoms with Crippen LogP contribution < -0.4 is 5.32 Å². The Bertz CT molecular complexity index is 299. The van der Waals surface area contributed by atoms with E-state index in [1.807, 2.05) is 0 Å². The average molecular weight is 293 g/mol. The lowest BCUT2D eigenvalue weighted by Crippen LogP contribution is -2.46. The van der Waals surface area contributed by atoms with Crippen LogP contribution in [0.2, 0.25) is 0 Å². The largest absolute Gasteiger partial charge is 0.313 e. The van der Waals surface area contributed by atoms with Gasteiger partial charge in [0.25, 0.3) is 0 Å². The van der Waals surface area contributed by atoms with Crippen molar-refractivity contribution in [1.29, 1.82) is 0 Å². The van der Waals surface area contributed by atoms with Crippen molar-refractivity contribution in [2.45, 2.75) is 83.1 Å². The third kappa shape index (κ3) is 4.96. The molecule has 0 heterocycles. The summed E-state index contributed by atoms with van der Waals surface area (Å²) < 4.78 is 0. The first-order valence-corrected chi connectivity index (χ1v) is 9.68. The van der Waals surface area contributed by atoms with Gasteiger partial charge < -0.3 is 10.2 Å². The summed E-state index contributed by atoms with van der Waals surface area (Å²) >= 11 is 0. The van der Waals surface area contributed by atoms with Gasteiger partial charge in [-0.15, -0.1) is 0 Å². The van der Waals surface area contributed by atoms with Crippen LogP contribution in [0.15, 0.2) is 0 Å². The van der Waals surface area contributed by atoms with E-state index >= 15 is 0 Å². The molecule has 3 fully saturated rings. The summed E-state index contributed by atoms with van der Waals surface area (Å²) in [5.41, 5.74) is 0.588. The fraction of sp³-hybridized carbons (Fsp3) is 1.00. The molecule has 2 nitrogen and oxygen atoms in total. The van der Waals surface area contributed by atoms with E-state index in [2.05, 4.69) is 17.3 Å². The Balaban J connectivity index is 1.49. The lowest BCUT2D eigenvalue weighted by atomic mass is 9.73. The summed E-state index contributed by atoms with van der Waals surface area (Å²) in [5, 5.41) is 3.85. The predicted octanol–water partition coefficient (Wildman–Crippen LogP) is 4.20. The SMILES string of the molecule is CN(CC1CCCCC1)CC1(CNC2CC2)CCCCC1. The Hall–Kier alpha value is -0.0800. The molecule has 122 valence electrons. The van der Waals surface area contributed by atoms with Crippen LogP contribution in [0.4, 0.5) is 0 Å². The van der Waals surface area contributed by atoms with Gasteiger partial charge in [0.2, 0.25) is 0 Å². The summed E-state index contributed by atoms with van der Waals surface area (Å²) in [4.78, 5) is 2.69. The number of nitrogens with one attached hydrogen (secondary N) is 1. The predicted molar refractivity (Wildman–Crippen MR) is 90.6 cm³/mol. The highest BCUT2D eigenvalue weighted by Gasteiger charge is 2.35. The van der Waals surface area contributed by atoms with Crippen molar-refractivity contribution >= 4 is 0 Å². The minimum atomic E-state index is 0.588. The Morgan fingerprint density at radius 1 is 0.905 bits per heavy atom. The summed E-state index contributed by atoms with van der Waals surface area (Å²) in [6, 6.07) is 0.868. The van der Waals surface area contributed by atoms with Crippen LogP contribution in [-0.2, 0) is 0 Å². The fourth-order valence-corrected chi connectivity index (χ4v) is 4.79. The third-order valence-electron chi connectivity index (χ3n) is 6.16. The molecular formula is C19H36N2. The Labute approximate surface area is 132 Å². The molecule has 21 heavy (non-hydrogen) atoms. The number of rotatable bonds is 7. The topological polar surface area (TPSA) is 15.3 Å². The fourth-order valence-electron chi connectivity index (χ4n) is 4.79. The normalized spacial score (nSPS) is 27.1. The summed E-state index contributed by atoms with van der Waals surface area (Å²) in [5.74, 6) is 0.987. The monoisotopic (exact) mass is 292 g/mol. The molecule has 0 unspecified atom stereocenters. The summed E-state index contributed by atoms with van der Waals surface area (Å²) in [6.07, 6.45) is 17.6. The maximum Gasteiger partial charge on any atom is 0.00684 e. The summed E-state index contributed by atoms with van der Waals surface area (Å²) in [6.45, 7) is 3.97. The molecule has 3 aliphatic carbocycles. The molecule has 1 N–H and O–H groups in total. The van der Waals surface area contributed by atoms with Gasteiger partial charge in [0.05, 0.1) is 0 Å². The molecule has 0 aromatic carbocycles. The molecule has 0 aromatic rings. The zero-order chi connectivity index (χ0) is 14.5. The van der Waals surface area contributed by atoms with Gasteiger partial charge in [-0.25, -0.2) is 0 Å². The Morgan fingerprint density at radius 2 is 1.57 bits per heavy atom. The Morgan fingerprint density at radius 3 is 2.24 bits per heavy atom. The van der Waals surface area contributed by atoms with Gasteiger partial charge >= 0.3 is 0 Å². The first-order valence-electron chi connectivity index (χ1n) is 9.68. The van der Waals surface area contributed by atoms with Crippen molar-refractivity contribution in [3.63, 3.8) is 0 Å². The first-order chi connectivity index (χ1) is 10.3. The summed E-state index contributed by atoms with van der Waals surface area (Å²) in [7, 11) is 2.39. The molecule has 3 saturated carbocycles. The molecule has 0 aromatic heterocycles. The first kappa shape index (κ1) is 15.8. The quantitative estimate of drug-likeness (QED) is 0.756. The van der Waals surface area contributed by atoms with Crippen molar-refractivity contribution in [1.82, 2.24) is 10.2 Å². The van der Waals surface area contributed by atoms with Crippen molar-refractivity contribution in [3.8, 4) is 0 Å².